The quantitative estimate of drug-likeness (QED) is 0.686. The highest BCUT2D eigenvalue weighted by Crippen LogP contribution is 2.35. The van der Waals surface area contributed by atoms with E-state index in [2.05, 4.69) is 46.4 Å². The lowest BCUT2D eigenvalue weighted by Crippen LogP contribution is -2.31. The molecule has 0 N–H and O–H groups in total. The molecule has 1 heteroatoms. The zero-order chi connectivity index (χ0) is 11.6. The molecule has 1 nitrogen and oxygen atoms in total. The van der Waals surface area contributed by atoms with Gasteiger partial charge in [0.05, 0.1) is 0 Å². The van der Waals surface area contributed by atoms with Crippen molar-refractivity contribution >= 4 is 0 Å². The van der Waals surface area contributed by atoms with Crippen LogP contribution in [0, 0.1) is 23.7 Å². The molecule has 1 fully saturated rings. The zero-order valence-electron chi connectivity index (χ0n) is 11.5. The molecule has 0 amide bonds. The number of nitrogens with zero attached hydrogens (tertiary/aromatic N) is 1. The van der Waals surface area contributed by atoms with Crippen molar-refractivity contribution in [2.75, 3.05) is 13.1 Å². The van der Waals surface area contributed by atoms with Crippen LogP contribution in [-0.4, -0.2) is 24.0 Å². The van der Waals surface area contributed by atoms with Crippen molar-refractivity contribution in [2.45, 2.75) is 54.0 Å². The monoisotopic (exact) mass is 211 g/mol. The van der Waals surface area contributed by atoms with Crippen molar-refractivity contribution in [3.63, 3.8) is 0 Å². The van der Waals surface area contributed by atoms with E-state index in [1.54, 1.807) is 0 Å². The number of hydrogen-bond acceptors (Lipinski definition) is 1. The van der Waals surface area contributed by atoms with Crippen molar-refractivity contribution in [2.24, 2.45) is 23.7 Å². The van der Waals surface area contributed by atoms with Gasteiger partial charge in [-0.2, -0.15) is 0 Å². The first-order valence-corrected chi connectivity index (χ1v) is 6.71. The maximum Gasteiger partial charge on any atom is 0.00645 e. The Hall–Kier alpha value is -0.0400. The van der Waals surface area contributed by atoms with Crippen molar-refractivity contribution in [1.29, 1.82) is 0 Å². The maximum absolute atomic E-state index is 2.70. The molecule has 0 aromatic carbocycles. The third-order valence-corrected chi connectivity index (χ3v) is 4.37. The van der Waals surface area contributed by atoms with Gasteiger partial charge >= 0.3 is 0 Å². The summed E-state index contributed by atoms with van der Waals surface area (Å²) in [7, 11) is 0. The fourth-order valence-corrected chi connectivity index (χ4v) is 2.92. The van der Waals surface area contributed by atoms with Gasteiger partial charge in [0.1, 0.15) is 0 Å². The molecule has 1 saturated heterocycles. The van der Waals surface area contributed by atoms with E-state index >= 15 is 0 Å². The van der Waals surface area contributed by atoms with Crippen LogP contribution in [0.2, 0.25) is 0 Å². The van der Waals surface area contributed by atoms with Crippen molar-refractivity contribution in [1.82, 2.24) is 4.90 Å². The van der Waals surface area contributed by atoms with E-state index in [9.17, 15) is 0 Å². The summed E-state index contributed by atoms with van der Waals surface area (Å²) in [5.74, 6) is 3.51. The van der Waals surface area contributed by atoms with Crippen LogP contribution in [0.15, 0.2) is 0 Å². The smallest absolute Gasteiger partial charge is 0.00645 e. The highest BCUT2D eigenvalue weighted by atomic mass is 15.2. The van der Waals surface area contributed by atoms with Gasteiger partial charge in [0.25, 0.3) is 0 Å². The van der Waals surface area contributed by atoms with E-state index in [1.807, 2.05) is 0 Å². The van der Waals surface area contributed by atoms with Crippen LogP contribution in [0.5, 0.6) is 0 Å². The van der Waals surface area contributed by atoms with Crippen LogP contribution >= 0.6 is 0 Å². The first-order valence-electron chi connectivity index (χ1n) is 6.71. The molecule has 1 rings (SSSR count). The summed E-state index contributed by atoms with van der Waals surface area (Å²) in [6.45, 7) is 16.9. The Balaban J connectivity index is 2.65. The largest absolute Gasteiger partial charge is 0.300 e. The second-order valence-corrected chi connectivity index (χ2v) is 6.03. The summed E-state index contributed by atoms with van der Waals surface area (Å²) in [6, 6.07) is 0.773. The minimum Gasteiger partial charge on any atom is -0.300 e. The Morgan fingerprint density at radius 1 is 0.933 bits per heavy atom. The van der Waals surface area contributed by atoms with Crippen molar-refractivity contribution in [3.05, 3.63) is 0 Å². The average molecular weight is 211 g/mol. The molecule has 0 bridgehead atoms. The summed E-state index contributed by atoms with van der Waals surface area (Å²) >= 11 is 0. The summed E-state index contributed by atoms with van der Waals surface area (Å²) < 4.78 is 0. The van der Waals surface area contributed by atoms with Crippen LogP contribution < -0.4 is 0 Å². The number of likely N-dealkylation sites (tertiary alicyclic amines) is 1. The lowest BCUT2D eigenvalue weighted by atomic mass is 9.80. The first kappa shape index (κ1) is 13.0. The molecule has 0 aliphatic carbocycles. The molecular formula is C14H29N. The molecule has 0 aromatic heterocycles. The van der Waals surface area contributed by atoms with Gasteiger partial charge in [-0.15, -0.1) is 0 Å². The van der Waals surface area contributed by atoms with Crippen LogP contribution in [0.1, 0.15) is 48.0 Å². The second-order valence-electron chi connectivity index (χ2n) is 6.03. The molecule has 0 aromatic rings. The fourth-order valence-electron chi connectivity index (χ4n) is 2.92. The summed E-state index contributed by atoms with van der Waals surface area (Å²) in [6.07, 6.45) is 1.29. The molecule has 1 aliphatic rings. The van der Waals surface area contributed by atoms with E-state index in [-0.39, 0.29) is 0 Å². The van der Waals surface area contributed by atoms with Gasteiger partial charge in [-0.05, 0) is 37.0 Å². The third kappa shape index (κ3) is 2.96. The lowest BCUT2D eigenvalue weighted by Gasteiger charge is -2.24. The molecule has 0 radical (unpaired) electrons. The van der Waals surface area contributed by atoms with Gasteiger partial charge in [-0.1, -0.05) is 34.6 Å². The molecule has 0 saturated carbocycles. The van der Waals surface area contributed by atoms with Gasteiger partial charge < -0.3 is 4.90 Å². The lowest BCUT2D eigenvalue weighted by molar-refractivity contribution is 0.233. The normalized spacial score (nSPS) is 30.4. The van der Waals surface area contributed by atoms with E-state index in [0.29, 0.717) is 0 Å². The van der Waals surface area contributed by atoms with Gasteiger partial charge in [0, 0.05) is 19.1 Å². The molecule has 1 heterocycles. The number of hydrogen-bond donors (Lipinski definition) is 0. The Morgan fingerprint density at radius 3 is 1.60 bits per heavy atom. The zero-order valence-corrected chi connectivity index (χ0v) is 11.5. The SMILES string of the molecule is CCC(C)N1CC(C(C)C)C(C(C)C)C1. The van der Waals surface area contributed by atoms with Gasteiger partial charge in [-0.25, -0.2) is 0 Å². The fraction of sp³-hybridized carbons (Fsp3) is 1.00. The van der Waals surface area contributed by atoms with Gasteiger partial charge in [-0.3, -0.25) is 0 Å². The van der Waals surface area contributed by atoms with Crippen molar-refractivity contribution < 1.29 is 0 Å². The Labute approximate surface area is 96.2 Å². The Morgan fingerprint density at radius 2 is 1.33 bits per heavy atom. The third-order valence-electron chi connectivity index (χ3n) is 4.37. The topological polar surface area (TPSA) is 3.24 Å². The number of rotatable bonds is 4. The molecule has 0 spiro atoms. The molecule has 3 unspecified atom stereocenters. The van der Waals surface area contributed by atoms with Crippen LogP contribution in [0.3, 0.4) is 0 Å². The Bertz CT molecular complexity index is 170. The summed E-state index contributed by atoms with van der Waals surface area (Å²) in [4.78, 5) is 2.70. The van der Waals surface area contributed by atoms with E-state index in [1.165, 1.54) is 19.5 Å². The van der Waals surface area contributed by atoms with Crippen molar-refractivity contribution in [3.8, 4) is 0 Å². The van der Waals surface area contributed by atoms with Gasteiger partial charge in [0.15, 0.2) is 0 Å². The predicted molar refractivity (Wildman–Crippen MR) is 68.0 cm³/mol. The van der Waals surface area contributed by atoms with Crippen LogP contribution in [-0.2, 0) is 0 Å². The minimum atomic E-state index is 0.773. The van der Waals surface area contributed by atoms with Crippen LogP contribution in [0.4, 0.5) is 0 Å². The second kappa shape index (κ2) is 5.34. The highest BCUT2D eigenvalue weighted by Gasteiger charge is 2.37. The molecule has 15 heavy (non-hydrogen) atoms. The predicted octanol–water partition coefficient (Wildman–Crippen LogP) is 3.64. The summed E-state index contributed by atoms with van der Waals surface area (Å²) in [5.41, 5.74) is 0. The molecule has 3 atom stereocenters. The standard InChI is InChI=1S/C14H29N/c1-7-12(6)15-8-13(10(2)3)14(9-15)11(4)5/h10-14H,7-9H2,1-6H3. The van der Waals surface area contributed by atoms with E-state index in [4.69, 9.17) is 0 Å². The molecule has 1 aliphatic heterocycles. The molecule has 90 valence electrons. The highest BCUT2D eigenvalue weighted by molar-refractivity contribution is 4.89. The van der Waals surface area contributed by atoms with E-state index in [0.717, 1.165) is 29.7 Å². The minimum absolute atomic E-state index is 0.773. The average Bonchev–Trinajstić information content (AvgIpc) is 2.61. The maximum atomic E-state index is 2.70. The summed E-state index contributed by atoms with van der Waals surface area (Å²) in [5, 5.41) is 0. The molecular weight excluding hydrogens is 182 g/mol. The van der Waals surface area contributed by atoms with Gasteiger partial charge in [0.2, 0.25) is 0 Å². The first-order chi connectivity index (χ1) is 6.97. The Kier molecular flexibility index (Phi) is 4.64. The van der Waals surface area contributed by atoms with Crippen LogP contribution in [0.25, 0.3) is 0 Å². The van der Waals surface area contributed by atoms with E-state index < -0.39 is 0 Å².